The van der Waals surface area contributed by atoms with Crippen LogP contribution in [0.3, 0.4) is 0 Å². The largest absolute Gasteiger partial charge is 0.306 e. The standard InChI is InChI=1S/CH5N2OP/c2-1(3)5-4/h1H,2-3H2. The molecule has 5 heavy (non-hydrogen) atoms. The smallest absolute Gasteiger partial charge is 0.190 e. The predicted octanol–water partition coefficient (Wildman–Crippen LogP) is -0.521. The van der Waals surface area contributed by atoms with E-state index in [1.54, 1.807) is 0 Å². The number of rotatable bonds is 1. The molecule has 4 N–H and O–H groups in total. The van der Waals surface area contributed by atoms with Crippen LogP contribution in [0, 0.1) is 0 Å². The molecule has 30 valence electrons. The average molecular weight is 92.0 g/mol. The van der Waals surface area contributed by atoms with E-state index in [9.17, 15) is 4.57 Å². The molecule has 0 radical (unpaired) electrons. The fourth-order valence-corrected chi connectivity index (χ4v) is 0. The van der Waals surface area contributed by atoms with E-state index < -0.39 is 5.91 Å². The topological polar surface area (TPSA) is 69.1 Å². The summed E-state index contributed by atoms with van der Waals surface area (Å²) in [4.78, 5) is 0. The Morgan fingerprint density at radius 1 is 1.60 bits per heavy atom. The molecule has 0 aliphatic rings. The lowest BCUT2D eigenvalue weighted by Gasteiger charge is -1.80. The monoisotopic (exact) mass is 92.0 g/mol. The summed E-state index contributed by atoms with van der Waals surface area (Å²) in [5.74, 6) is -0.699. The summed E-state index contributed by atoms with van der Waals surface area (Å²) >= 11 is 0. The zero-order valence-electron chi connectivity index (χ0n) is 2.59. The van der Waals surface area contributed by atoms with Gasteiger partial charge in [-0.3, -0.25) is 4.57 Å². The van der Waals surface area contributed by atoms with Crippen LogP contribution >= 0.6 is 8.46 Å². The van der Waals surface area contributed by atoms with Crippen LogP contribution in [0.5, 0.6) is 0 Å². The molecular formula is CH5N2OP. The van der Waals surface area contributed by atoms with Crippen LogP contribution in [0.1, 0.15) is 0 Å². The molecule has 0 heterocycles. The molecular weight excluding hydrogens is 87.0 g/mol. The van der Waals surface area contributed by atoms with E-state index in [1.165, 1.54) is 0 Å². The van der Waals surface area contributed by atoms with Crippen LogP contribution in [-0.2, 0) is 4.57 Å². The lowest BCUT2D eigenvalue weighted by molar-refractivity contribution is 0.592. The van der Waals surface area contributed by atoms with Crippen LogP contribution in [-0.4, -0.2) is 5.91 Å². The summed E-state index contributed by atoms with van der Waals surface area (Å²) in [7, 11) is -0.198. The van der Waals surface area contributed by atoms with Crippen molar-refractivity contribution in [1.82, 2.24) is 0 Å². The highest BCUT2D eigenvalue weighted by atomic mass is 31.1. The van der Waals surface area contributed by atoms with Crippen molar-refractivity contribution in [3.8, 4) is 0 Å². The molecule has 0 rings (SSSR count). The fraction of sp³-hybridized carbons (Fsp3) is 1.00. The normalized spacial score (nSPS) is 10.2. The first kappa shape index (κ1) is 5.02. The minimum atomic E-state index is -0.699. The fourth-order valence-electron chi connectivity index (χ4n) is 0. The van der Waals surface area contributed by atoms with Crippen LogP contribution in [0.25, 0.3) is 0 Å². The minimum Gasteiger partial charge on any atom is -0.306 e. The number of nitrogens with two attached hydrogens (primary N) is 2. The first-order valence-electron chi connectivity index (χ1n) is 1.11. The van der Waals surface area contributed by atoms with Crippen molar-refractivity contribution in [3.63, 3.8) is 0 Å². The van der Waals surface area contributed by atoms with E-state index in [4.69, 9.17) is 11.5 Å². The van der Waals surface area contributed by atoms with E-state index >= 15 is 0 Å². The summed E-state index contributed by atoms with van der Waals surface area (Å²) in [6.45, 7) is 0. The third-order valence-corrected chi connectivity index (χ3v) is 0.365. The second-order valence-corrected chi connectivity index (χ2v) is 1.40. The van der Waals surface area contributed by atoms with Crippen molar-refractivity contribution < 1.29 is 4.57 Å². The second-order valence-electron chi connectivity index (χ2n) is 0.596. The lowest BCUT2D eigenvalue weighted by atomic mass is 11.2. The van der Waals surface area contributed by atoms with E-state index in [0.29, 0.717) is 0 Å². The van der Waals surface area contributed by atoms with Gasteiger partial charge in [0.05, 0.1) is 0 Å². The van der Waals surface area contributed by atoms with Crippen molar-refractivity contribution in [3.05, 3.63) is 0 Å². The molecule has 0 atom stereocenters. The first-order chi connectivity index (χ1) is 2.27. The molecule has 3 nitrogen and oxygen atoms in total. The Morgan fingerprint density at radius 3 is 1.80 bits per heavy atom. The average Bonchev–Trinajstić information content (AvgIpc) is 1.38. The number of hydrogen-bond donors (Lipinski definition) is 2. The van der Waals surface area contributed by atoms with E-state index in [0.717, 1.165) is 0 Å². The molecule has 0 aromatic heterocycles. The minimum absolute atomic E-state index is 0.198. The molecule has 0 amide bonds. The summed E-state index contributed by atoms with van der Waals surface area (Å²) in [5, 5.41) is 0. The van der Waals surface area contributed by atoms with E-state index in [2.05, 4.69) is 0 Å². The Bertz CT molecular complexity index is 36.6. The highest BCUT2D eigenvalue weighted by molar-refractivity contribution is 7.24. The SMILES string of the molecule is NC(N)P=O. The number of hydrogen-bond acceptors (Lipinski definition) is 3. The summed E-state index contributed by atoms with van der Waals surface area (Å²) in [6, 6.07) is 0. The summed E-state index contributed by atoms with van der Waals surface area (Å²) in [5.41, 5.74) is 9.49. The Balaban J connectivity index is 2.83. The molecule has 0 aromatic rings. The van der Waals surface area contributed by atoms with Gasteiger partial charge in [-0.1, -0.05) is 0 Å². The van der Waals surface area contributed by atoms with Crippen molar-refractivity contribution in [2.24, 2.45) is 11.5 Å². The third kappa shape index (κ3) is 4.02. The van der Waals surface area contributed by atoms with Gasteiger partial charge in [-0.15, -0.1) is 0 Å². The van der Waals surface area contributed by atoms with Crippen LogP contribution in [0.2, 0.25) is 0 Å². The maximum Gasteiger partial charge on any atom is 0.190 e. The molecule has 0 unspecified atom stereocenters. The van der Waals surface area contributed by atoms with Crippen LogP contribution < -0.4 is 11.5 Å². The predicted molar refractivity (Wildman–Crippen MR) is 19.8 cm³/mol. The molecule has 0 bridgehead atoms. The van der Waals surface area contributed by atoms with Crippen molar-refractivity contribution >= 4 is 8.46 Å². The van der Waals surface area contributed by atoms with Gasteiger partial charge in [0.2, 0.25) is 0 Å². The van der Waals surface area contributed by atoms with Crippen molar-refractivity contribution in [2.45, 2.75) is 5.91 Å². The van der Waals surface area contributed by atoms with Gasteiger partial charge in [0, 0.05) is 0 Å². The van der Waals surface area contributed by atoms with Crippen LogP contribution in [0.4, 0.5) is 0 Å². The molecule has 0 fully saturated rings. The Kier molecular flexibility index (Phi) is 2.28. The molecule has 4 heteroatoms. The van der Waals surface area contributed by atoms with Gasteiger partial charge in [-0.25, -0.2) is 0 Å². The second kappa shape index (κ2) is 2.27. The zero-order chi connectivity index (χ0) is 4.28. The Labute approximate surface area is 31.5 Å². The van der Waals surface area contributed by atoms with Crippen molar-refractivity contribution in [1.29, 1.82) is 0 Å². The summed E-state index contributed by atoms with van der Waals surface area (Å²) < 4.78 is 9.35. The van der Waals surface area contributed by atoms with Gasteiger partial charge in [-0.2, -0.15) is 0 Å². The molecule has 0 spiro atoms. The van der Waals surface area contributed by atoms with Gasteiger partial charge in [-0.05, 0) is 0 Å². The van der Waals surface area contributed by atoms with Gasteiger partial charge >= 0.3 is 0 Å². The first-order valence-corrected chi connectivity index (χ1v) is 1.99. The van der Waals surface area contributed by atoms with Gasteiger partial charge in [0.25, 0.3) is 0 Å². The quantitative estimate of drug-likeness (QED) is 0.337. The molecule has 0 aliphatic carbocycles. The Hall–Kier alpha value is 0.0200. The highest BCUT2D eigenvalue weighted by Crippen LogP contribution is 1.85. The van der Waals surface area contributed by atoms with Gasteiger partial charge in [0.1, 0.15) is 5.91 Å². The van der Waals surface area contributed by atoms with E-state index in [-0.39, 0.29) is 8.46 Å². The Morgan fingerprint density at radius 2 is 1.80 bits per heavy atom. The highest BCUT2D eigenvalue weighted by Gasteiger charge is 1.81. The van der Waals surface area contributed by atoms with E-state index in [1.807, 2.05) is 0 Å². The van der Waals surface area contributed by atoms with Gasteiger partial charge in [0.15, 0.2) is 8.46 Å². The molecule has 0 aliphatic heterocycles. The van der Waals surface area contributed by atoms with Gasteiger partial charge < -0.3 is 11.5 Å². The maximum atomic E-state index is 9.35. The molecule has 0 aromatic carbocycles. The molecule has 0 saturated heterocycles. The molecule has 0 saturated carbocycles. The third-order valence-electron chi connectivity index (χ3n) is 0.122. The maximum absolute atomic E-state index is 9.35. The van der Waals surface area contributed by atoms with Crippen molar-refractivity contribution in [2.75, 3.05) is 0 Å². The summed E-state index contributed by atoms with van der Waals surface area (Å²) in [6.07, 6.45) is 0. The lowest BCUT2D eigenvalue weighted by Crippen LogP contribution is -2.22. The zero-order valence-corrected chi connectivity index (χ0v) is 3.48. The van der Waals surface area contributed by atoms with Crippen LogP contribution in [0.15, 0.2) is 0 Å².